The maximum absolute atomic E-state index is 12.4. The average Bonchev–Trinajstić information content (AvgIpc) is 3.54. The lowest BCUT2D eigenvalue weighted by Gasteiger charge is -2.23. The van der Waals surface area contributed by atoms with Crippen LogP contribution in [-0.4, -0.2) is 51.9 Å². The van der Waals surface area contributed by atoms with Crippen molar-refractivity contribution in [3.05, 3.63) is 36.3 Å². The Morgan fingerprint density at radius 1 is 1.12 bits per heavy atom. The zero-order chi connectivity index (χ0) is 17.9. The van der Waals surface area contributed by atoms with Crippen molar-refractivity contribution in [1.82, 2.24) is 19.9 Å². The van der Waals surface area contributed by atoms with Crippen LogP contribution in [0.2, 0.25) is 0 Å². The van der Waals surface area contributed by atoms with Crippen LogP contribution in [0.3, 0.4) is 0 Å². The fourth-order valence-electron chi connectivity index (χ4n) is 3.41. The van der Waals surface area contributed by atoms with Gasteiger partial charge in [-0.2, -0.15) is 0 Å². The molecule has 0 unspecified atom stereocenters. The van der Waals surface area contributed by atoms with Gasteiger partial charge in [-0.05, 0) is 37.8 Å². The molecule has 2 aromatic heterocycles. The minimum atomic E-state index is 0.297. The molecule has 1 amide bonds. The van der Waals surface area contributed by atoms with Crippen molar-refractivity contribution >= 4 is 11.7 Å². The van der Waals surface area contributed by atoms with E-state index in [0.29, 0.717) is 11.8 Å². The van der Waals surface area contributed by atoms with E-state index < -0.39 is 0 Å². The topological polar surface area (TPSA) is 62.2 Å². The summed E-state index contributed by atoms with van der Waals surface area (Å²) < 4.78 is 0. The lowest BCUT2D eigenvalue weighted by molar-refractivity contribution is -0.132. The van der Waals surface area contributed by atoms with Crippen molar-refractivity contribution in [2.45, 2.75) is 32.6 Å². The Morgan fingerprint density at radius 2 is 1.92 bits per heavy atom. The minimum absolute atomic E-state index is 0.297. The van der Waals surface area contributed by atoms with Crippen LogP contribution in [-0.2, 0) is 11.2 Å². The van der Waals surface area contributed by atoms with E-state index in [1.54, 1.807) is 12.4 Å². The van der Waals surface area contributed by atoms with Crippen LogP contribution in [0.25, 0.3) is 11.4 Å². The number of hydrogen-bond acceptors (Lipinski definition) is 5. The molecule has 6 heteroatoms. The van der Waals surface area contributed by atoms with Gasteiger partial charge in [0.2, 0.25) is 5.91 Å². The van der Waals surface area contributed by atoms with E-state index in [-0.39, 0.29) is 0 Å². The molecule has 4 rings (SSSR count). The molecule has 136 valence electrons. The molecule has 1 aliphatic heterocycles. The highest BCUT2D eigenvalue weighted by Crippen LogP contribution is 2.31. The molecular weight excluding hydrogens is 326 g/mol. The lowest BCUT2D eigenvalue weighted by Crippen LogP contribution is -2.36. The van der Waals surface area contributed by atoms with Crippen LogP contribution < -0.4 is 4.90 Å². The number of anilines is 1. The summed E-state index contributed by atoms with van der Waals surface area (Å²) in [7, 11) is 0. The molecule has 2 aliphatic rings. The molecule has 0 spiro atoms. The van der Waals surface area contributed by atoms with Gasteiger partial charge in [0.1, 0.15) is 5.82 Å². The molecule has 0 aromatic carbocycles. The van der Waals surface area contributed by atoms with Crippen molar-refractivity contribution in [2.75, 3.05) is 31.1 Å². The number of amides is 1. The third-order valence-electron chi connectivity index (χ3n) is 5.12. The van der Waals surface area contributed by atoms with E-state index >= 15 is 0 Å². The van der Waals surface area contributed by atoms with Crippen molar-refractivity contribution in [1.29, 1.82) is 0 Å². The second-order valence-electron chi connectivity index (χ2n) is 7.07. The standard InChI is InChI=1S/C20H25N5O/c1-2-17-14-18(23-19(22-17)15-6-8-21-9-7-15)24-10-3-11-25(13-12-24)20(26)16-4-5-16/h6-9,14,16H,2-5,10-13H2,1H3. The van der Waals surface area contributed by atoms with Gasteiger partial charge in [0.25, 0.3) is 0 Å². The molecule has 3 heterocycles. The largest absolute Gasteiger partial charge is 0.355 e. The first-order chi connectivity index (χ1) is 12.7. The first-order valence-corrected chi connectivity index (χ1v) is 9.56. The maximum Gasteiger partial charge on any atom is 0.225 e. The first-order valence-electron chi connectivity index (χ1n) is 9.56. The Bertz CT molecular complexity index is 775. The Labute approximate surface area is 154 Å². The van der Waals surface area contributed by atoms with Gasteiger partial charge in [0, 0.05) is 61.8 Å². The Balaban J connectivity index is 1.55. The summed E-state index contributed by atoms with van der Waals surface area (Å²) in [5.74, 6) is 2.35. The zero-order valence-electron chi connectivity index (χ0n) is 15.3. The molecule has 6 nitrogen and oxygen atoms in total. The molecule has 0 bridgehead atoms. The summed E-state index contributed by atoms with van der Waals surface area (Å²) in [6, 6.07) is 5.97. The number of hydrogen-bond donors (Lipinski definition) is 0. The van der Waals surface area contributed by atoms with Crippen LogP contribution in [0, 0.1) is 5.92 Å². The summed E-state index contributed by atoms with van der Waals surface area (Å²) in [4.78, 5) is 30.3. The summed E-state index contributed by atoms with van der Waals surface area (Å²) in [5.41, 5.74) is 2.02. The van der Waals surface area contributed by atoms with Crippen LogP contribution >= 0.6 is 0 Å². The predicted octanol–water partition coefficient (Wildman–Crippen LogP) is 2.55. The van der Waals surface area contributed by atoms with Crippen molar-refractivity contribution < 1.29 is 4.79 Å². The normalized spacial score (nSPS) is 17.9. The van der Waals surface area contributed by atoms with Crippen molar-refractivity contribution in [3.63, 3.8) is 0 Å². The van der Waals surface area contributed by atoms with Gasteiger partial charge in [-0.3, -0.25) is 9.78 Å². The molecule has 1 aliphatic carbocycles. The molecule has 1 saturated carbocycles. The summed E-state index contributed by atoms with van der Waals surface area (Å²) in [6.07, 6.45) is 7.52. The SMILES string of the molecule is CCc1cc(N2CCCN(C(=O)C3CC3)CC2)nc(-c2ccncc2)n1. The van der Waals surface area contributed by atoms with Crippen molar-refractivity contribution in [3.8, 4) is 11.4 Å². The predicted molar refractivity (Wildman–Crippen MR) is 101 cm³/mol. The highest BCUT2D eigenvalue weighted by molar-refractivity contribution is 5.81. The molecule has 1 saturated heterocycles. The molecule has 0 radical (unpaired) electrons. The second-order valence-corrected chi connectivity index (χ2v) is 7.07. The Kier molecular flexibility index (Phi) is 4.82. The van der Waals surface area contributed by atoms with Crippen LogP contribution in [0.15, 0.2) is 30.6 Å². The average molecular weight is 351 g/mol. The molecule has 2 aromatic rings. The number of pyridine rings is 1. The summed E-state index contributed by atoms with van der Waals surface area (Å²) in [5, 5.41) is 0. The van der Waals surface area contributed by atoms with E-state index in [9.17, 15) is 4.79 Å². The molecular formula is C20H25N5O. The summed E-state index contributed by atoms with van der Waals surface area (Å²) in [6.45, 7) is 5.50. The minimum Gasteiger partial charge on any atom is -0.355 e. The van der Waals surface area contributed by atoms with Gasteiger partial charge in [-0.1, -0.05) is 6.92 Å². The summed E-state index contributed by atoms with van der Waals surface area (Å²) >= 11 is 0. The fourth-order valence-corrected chi connectivity index (χ4v) is 3.41. The number of carbonyl (C=O) groups is 1. The van der Waals surface area contributed by atoms with Crippen LogP contribution in [0.5, 0.6) is 0 Å². The fraction of sp³-hybridized carbons (Fsp3) is 0.500. The third-order valence-corrected chi connectivity index (χ3v) is 5.12. The molecule has 0 atom stereocenters. The van der Waals surface area contributed by atoms with Gasteiger partial charge in [0.05, 0.1) is 0 Å². The van der Waals surface area contributed by atoms with Crippen LogP contribution in [0.1, 0.15) is 31.9 Å². The Hall–Kier alpha value is -2.50. The quantitative estimate of drug-likeness (QED) is 0.847. The van der Waals surface area contributed by atoms with Crippen molar-refractivity contribution in [2.24, 2.45) is 5.92 Å². The van der Waals surface area contributed by atoms with Gasteiger partial charge in [0.15, 0.2) is 5.82 Å². The zero-order valence-corrected chi connectivity index (χ0v) is 15.3. The maximum atomic E-state index is 12.4. The van der Waals surface area contributed by atoms with E-state index in [1.807, 2.05) is 17.0 Å². The van der Waals surface area contributed by atoms with Gasteiger partial charge < -0.3 is 9.80 Å². The first kappa shape index (κ1) is 16.9. The number of carbonyl (C=O) groups excluding carboxylic acids is 1. The lowest BCUT2D eigenvalue weighted by atomic mass is 10.2. The number of rotatable bonds is 4. The van der Waals surface area contributed by atoms with E-state index in [2.05, 4.69) is 27.9 Å². The van der Waals surface area contributed by atoms with E-state index in [0.717, 1.165) is 74.8 Å². The molecule has 26 heavy (non-hydrogen) atoms. The Morgan fingerprint density at radius 3 is 2.65 bits per heavy atom. The molecule has 0 N–H and O–H groups in total. The highest BCUT2D eigenvalue weighted by Gasteiger charge is 2.34. The smallest absolute Gasteiger partial charge is 0.225 e. The number of nitrogens with zero attached hydrogens (tertiary/aromatic N) is 5. The monoisotopic (exact) mass is 351 g/mol. The number of aryl methyl sites for hydroxylation is 1. The van der Waals surface area contributed by atoms with E-state index in [1.165, 1.54) is 0 Å². The highest BCUT2D eigenvalue weighted by atomic mass is 16.2. The number of aromatic nitrogens is 3. The third kappa shape index (κ3) is 3.69. The van der Waals surface area contributed by atoms with Crippen LogP contribution in [0.4, 0.5) is 5.82 Å². The van der Waals surface area contributed by atoms with E-state index in [4.69, 9.17) is 4.98 Å². The van der Waals surface area contributed by atoms with Gasteiger partial charge in [-0.25, -0.2) is 9.97 Å². The van der Waals surface area contributed by atoms with Gasteiger partial charge in [-0.15, -0.1) is 0 Å². The second kappa shape index (κ2) is 7.40. The molecule has 2 fully saturated rings. The van der Waals surface area contributed by atoms with Gasteiger partial charge >= 0.3 is 0 Å².